The molecule has 3 aromatic rings. The van der Waals surface area contributed by atoms with Gasteiger partial charge in [0.05, 0.1) is 4.88 Å². The molecule has 2 heterocycles. The summed E-state index contributed by atoms with van der Waals surface area (Å²) >= 11 is 1.36. The van der Waals surface area contributed by atoms with Crippen molar-refractivity contribution in [2.45, 2.75) is 26.4 Å². The average Bonchev–Trinajstić information content (AvgIpc) is 3.33. The first-order valence-electron chi connectivity index (χ1n) is 9.74. The first kappa shape index (κ1) is 21.1. The van der Waals surface area contributed by atoms with Gasteiger partial charge in [-0.1, -0.05) is 19.9 Å². The molecule has 0 aliphatic heterocycles. The highest BCUT2D eigenvalue weighted by molar-refractivity contribution is 7.12. The number of carbonyl (C=O) groups excluding carboxylic acids is 2. The van der Waals surface area contributed by atoms with E-state index in [1.807, 2.05) is 43.5 Å². The Morgan fingerprint density at radius 3 is 2.62 bits per heavy atom. The zero-order chi connectivity index (χ0) is 21.0. The van der Waals surface area contributed by atoms with Crippen LogP contribution in [-0.4, -0.2) is 48.0 Å². The maximum atomic E-state index is 12.8. The Labute approximate surface area is 175 Å². The zero-order valence-electron chi connectivity index (χ0n) is 17.3. The third-order valence-corrected chi connectivity index (χ3v) is 5.68. The minimum Gasteiger partial charge on any atom is -0.346 e. The molecule has 0 aliphatic rings. The van der Waals surface area contributed by atoms with E-state index in [9.17, 15) is 9.59 Å². The molecule has 3 rings (SSSR count). The van der Waals surface area contributed by atoms with E-state index in [1.165, 1.54) is 11.3 Å². The summed E-state index contributed by atoms with van der Waals surface area (Å²) in [4.78, 5) is 28.0. The minimum atomic E-state index is -0.606. The van der Waals surface area contributed by atoms with E-state index in [4.69, 9.17) is 0 Å². The molecule has 1 aromatic carbocycles. The number of nitrogens with one attached hydrogen (secondary N) is 2. The molecule has 7 heteroatoms. The largest absolute Gasteiger partial charge is 0.346 e. The van der Waals surface area contributed by atoms with Crippen LogP contribution < -0.4 is 10.6 Å². The standard InChI is InChI=1S/C22H28N4O2S/c1-15(2)20(24-21(27)19-6-5-13-29-19)22(28)23-17-7-8-18-16(14-17)9-10-26(18)12-11-25(3)4/h5-10,13-15,20H,11-12H2,1-4H3,(H,23,28)(H,24,27). The fraction of sp³-hybridized carbons (Fsp3) is 0.364. The number of hydrogen-bond acceptors (Lipinski definition) is 4. The van der Waals surface area contributed by atoms with Crippen LogP contribution in [0, 0.1) is 5.92 Å². The van der Waals surface area contributed by atoms with Gasteiger partial charge in [-0.25, -0.2) is 0 Å². The molecule has 0 aliphatic carbocycles. The predicted octanol–water partition coefficient (Wildman–Crippen LogP) is 3.66. The van der Waals surface area contributed by atoms with Gasteiger partial charge in [-0.05, 0) is 55.7 Å². The summed E-state index contributed by atoms with van der Waals surface area (Å²) < 4.78 is 2.21. The fourth-order valence-electron chi connectivity index (χ4n) is 3.16. The monoisotopic (exact) mass is 412 g/mol. The SMILES string of the molecule is CC(C)C(NC(=O)c1cccs1)C(=O)Nc1ccc2c(ccn2CCN(C)C)c1. The summed E-state index contributed by atoms with van der Waals surface area (Å²) in [7, 11) is 4.11. The van der Waals surface area contributed by atoms with Gasteiger partial charge >= 0.3 is 0 Å². The van der Waals surface area contributed by atoms with Gasteiger partial charge in [0.25, 0.3) is 5.91 Å². The Morgan fingerprint density at radius 1 is 1.17 bits per heavy atom. The van der Waals surface area contributed by atoms with Crippen LogP contribution in [0.3, 0.4) is 0 Å². The Kier molecular flexibility index (Phi) is 6.71. The van der Waals surface area contributed by atoms with E-state index >= 15 is 0 Å². The lowest BCUT2D eigenvalue weighted by Crippen LogP contribution is -2.46. The second kappa shape index (κ2) is 9.24. The molecule has 1 unspecified atom stereocenters. The first-order chi connectivity index (χ1) is 13.8. The van der Waals surface area contributed by atoms with Gasteiger partial charge in [0, 0.05) is 35.9 Å². The number of anilines is 1. The summed E-state index contributed by atoms with van der Waals surface area (Å²) in [5.41, 5.74) is 1.86. The van der Waals surface area contributed by atoms with Crippen molar-refractivity contribution in [1.29, 1.82) is 0 Å². The Balaban J connectivity index is 1.70. The molecular formula is C22H28N4O2S. The second-order valence-corrected chi connectivity index (χ2v) is 8.70. The van der Waals surface area contributed by atoms with Gasteiger partial charge in [0.2, 0.25) is 5.91 Å². The molecular weight excluding hydrogens is 384 g/mol. The molecule has 29 heavy (non-hydrogen) atoms. The molecule has 1 atom stereocenters. The summed E-state index contributed by atoms with van der Waals surface area (Å²) in [6.07, 6.45) is 2.07. The van der Waals surface area contributed by atoms with Crippen LogP contribution in [0.4, 0.5) is 5.69 Å². The van der Waals surface area contributed by atoms with Gasteiger partial charge in [-0.3, -0.25) is 9.59 Å². The molecule has 2 aromatic heterocycles. The first-order valence-corrected chi connectivity index (χ1v) is 10.6. The van der Waals surface area contributed by atoms with Crippen LogP contribution in [0.25, 0.3) is 10.9 Å². The number of benzene rings is 1. The smallest absolute Gasteiger partial charge is 0.262 e. The van der Waals surface area contributed by atoms with E-state index in [0.717, 1.165) is 29.7 Å². The fourth-order valence-corrected chi connectivity index (χ4v) is 3.78. The highest BCUT2D eigenvalue weighted by atomic mass is 32.1. The number of thiophene rings is 1. The van der Waals surface area contributed by atoms with Crippen molar-refractivity contribution in [3.8, 4) is 0 Å². The second-order valence-electron chi connectivity index (χ2n) is 7.75. The van der Waals surface area contributed by atoms with Gasteiger partial charge < -0.3 is 20.1 Å². The predicted molar refractivity (Wildman–Crippen MR) is 120 cm³/mol. The van der Waals surface area contributed by atoms with Crippen molar-refractivity contribution < 1.29 is 9.59 Å². The lowest BCUT2D eigenvalue weighted by Gasteiger charge is -2.21. The Hall–Kier alpha value is -2.64. The topological polar surface area (TPSA) is 66.4 Å². The Morgan fingerprint density at radius 2 is 1.97 bits per heavy atom. The van der Waals surface area contributed by atoms with Crippen LogP contribution in [0.5, 0.6) is 0 Å². The number of hydrogen-bond donors (Lipinski definition) is 2. The van der Waals surface area contributed by atoms with E-state index in [-0.39, 0.29) is 17.7 Å². The molecule has 2 amide bonds. The maximum absolute atomic E-state index is 12.8. The summed E-state index contributed by atoms with van der Waals surface area (Å²) in [6.45, 7) is 5.72. The molecule has 2 N–H and O–H groups in total. The minimum absolute atomic E-state index is 0.0326. The van der Waals surface area contributed by atoms with E-state index < -0.39 is 6.04 Å². The molecule has 0 saturated heterocycles. The molecule has 0 fully saturated rings. The summed E-state index contributed by atoms with van der Waals surface area (Å²) in [5, 5.41) is 8.74. The summed E-state index contributed by atoms with van der Waals surface area (Å²) in [5.74, 6) is -0.465. The van der Waals surface area contributed by atoms with E-state index in [1.54, 1.807) is 6.07 Å². The van der Waals surface area contributed by atoms with Crippen LogP contribution in [0.1, 0.15) is 23.5 Å². The molecule has 6 nitrogen and oxygen atoms in total. The molecule has 0 saturated carbocycles. The quantitative estimate of drug-likeness (QED) is 0.593. The number of fused-ring (bicyclic) bond motifs is 1. The van der Waals surface area contributed by atoms with Crippen molar-refractivity contribution in [2.24, 2.45) is 5.92 Å². The van der Waals surface area contributed by atoms with Gasteiger partial charge in [-0.15, -0.1) is 11.3 Å². The Bertz CT molecular complexity index is 976. The highest BCUT2D eigenvalue weighted by Crippen LogP contribution is 2.21. The van der Waals surface area contributed by atoms with Crippen LogP contribution in [0.15, 0.2) is 48.0 Å². The average molecular weight is 413 g/mol. The van der Waals surface area contributed by atoms with Crippen LogP contribution >= 0.6 is 11.3 Å². The molecule has 0 spiro atoms. The number of likely N-dealkylation sites (N-methyl/N-ethyl adjacent to an activating group) is 1. The van der Waals surface area contributed by atoms with Crippen molar-refractivity contribution >= 4 is 39.7 Å². The van der Waals surface area contributed by atoms with Crippen molar-refractivity contribution in [1.82, 2.24) is 14.8 Å². The van der Waals surface area contributed by atoms with Crippen LogP contribution in [-0.2, 0) is 11.3 Å². The third-order valence-electron chi connectivity index (χ3n) is 4.81. The summed E-state index contributed by atoms with van der Waals surface area (Å²) in [6, 6.07) is 10.9. The normalized spacial score (nSPS) is 12.5. The number of nitrogens with zero attached hydrogens (tertiary/aromatic N) is 2. The molecule has 0 bridgehead atoms. The maximum Gasteiger partial charge on any atom is 0.262 e. The van der Waals surface area contributed by atoms with Crippen molar-refractivity contribution in [3.63, 3.8) is 0 Å². The highest BCUT2D eigenvalue weighted by Gasteiger charge is 2.25. The van der Waals surface area contributed by atoms with Crippen molar-refractivity contribution in [3.05, 3.63) is 52.9 Å². The number of rotatable bonds is 8. The van der Waals surface area contributed by atoms with Crippen molar-refractivity contribution in [2.75, 3.05) is 26.0 Å². The van der Waals surface area contributed by atoms with Gasteiger partial charge in [-0.2, -0.15) is 0 Å². The number of amides is 2. The lowest BCUT2D eigenvalue weighted by atomic mass is 10.0. The van der Waals surface area contributed by atoms with Gasteiger partial charge in [0.1, 0.15) is 6.04 Å². The van der Waals surface area contributed by atoms with E-state index in [2.05, 4.69) is 46.5 Å². The number of carbonyl (C=O) groups is 2. The van der Waals surface area contributed by atoms with E-state index in [0.29, 0.717) is 4.88 Å². The third kappa shape index (κ3) is 5.25. The van der Waals surface area contributed by atoms with Crippen LogP contribution in [0.2, 0.25) is 0 Å². The molecule has 0 radical (unpaired) electrons. The molecule has 154 valence electrons. The number of aromatic nitrogens is 1. The van der Waals surface area contributed by atoms with Gasteiger partial charge in [0.15, 0.2) is 0 Å². The zero-order valence-corrected chi connectivity index (χ0v) is 18.1. The lowest BCUT2D eigenvalue weighted by molar-refractivity contribution is -0.118.